The molecular formula is C23H20N2O4S. The Hall–Kier alpha value is -3.58. The van der Waals surface area contributed by atoms with Crippen LogP contribution in [0.3, 0.4) is 0 Å². The van der Waals surface area contributed by atoms with E-state index < -0.39 is 15.6 Å². The average molecular weight is 420 g/mol. The van der Waals surface area contributed by atoms with Gasteiger partial charge in [-0.25, -0.2) is 13.2 Å². The molecule has 0 spiro atoms. The van der Waals surface area contributed by atoms with Crippen LogP contribution in [-0.4, -0.2) is 8.42 Å². The first-order valence-electron chi connectivity index (χ1n) is 9.38. The third-order valence-electron chi connectivity index (χ3n) is 4.74. The van der Waals surface area contributed by atoms with Gasteiger partial charge in [0.05, 0.1) is 10.6 Å². The lowest BCUT2D eigenvalue weighted by molar-refractivity contribution is 0.563. The normalized spacial score (nSPS) is 11.4. The minimum atomic E-state index is -3.99. The summed E-state index contributed by atoms with van der Waals surface area (Å²) in [4.78, 5) is 12.8. The summed E-state index contributed by atoms with van der Waals surface area (Å²) in [5, 5.41) is 3.82. The Labute approximate surface area is 174 Å². The van der Waals surface area contributed by atoms with Gasteiger partial charge in [-0.1, -0.05) is 60.7 Å². The van der Waals surface area contributed by atoms with Crippen molar-refractivity contribution in [3.63, 3.8) is 0 Å². The minimum absolute atomic E-state index is 0.103. The highest BCUT2D eigenvalue weighted by atomic mass is 32.2. The maximum Gasteiger partial charge on any atom is 0.363 e. The summed E-state index contributed by atoms with van der Waals surface area (Å²) in [6.45, 7) is 2.11. The number of hydrogen-bond acceptors (Lipinski definition) is 5. The molecule has 0 saturated carbocycles. The number of anilines is 2. The fraction of sp³-hybridized carbons (Fsp3) is 0.0870. The molecule has 0 radical (unpaired) electrons. The van der Waals surface area contributed by atoms with Crippen LogP contribution < -0.4 is 15.7 Å². The molecule has 0 unspecified atom stereocenters. The fourth-order valence-corrected chi connectivity index (χ4v) is 4.57. The van der Waals surface area contributed by atoms with E-state index in [2.05, 4.69) is 10.0 Å². The van der Waals surface area contributed by atoms with Crippen molar-refractivity contribution >= 4 is 32.4 Å². The standard InChI is InChI=1S/C23H20N2O4S/c1-16-9-5-8-14-20(16)30(27,28)25-22-21(24-15-17-10-3-2-4-11-17)18-12-6-7-13-19(18)29-23(22)26/h2-14,24-25H,15H2,1H3. The molecule has 1 heterocycles. The molecular weight excluding hydrogens is 400 g/mol. The molecule has 6 nitrogen and oxygen atoms in total. The van der Waals surface area contributed by atoms with Gasteiger partial charge in [-0.05, 0) is 36.2 Å². The van der Waals surface area contributed by atoms with Gasteiger partial charge in [-0.2, -0.15) is 0 Å². The van der Waals surface area contributed by atoms with E-state index in [1.54, 1.807) is 49.4 Å². The first-order chi connectivity index (χ1) is 14.5. The zero-order valence-electron chi connectivity index (χ0n) is 16.3. The third kappa shape index (κ3) is 3.92. The van der Waals surface area contributed by atoms with E-state index in [0.29, 0.717) is 28.8 Å². The van der Waals surface area contributed by atoms with Gasteiger partial charge in [0.2, 0.25) is 0 Å². The second kappa shape index (κ2) is 8.04. The van der Waals surface area contributed by atoms with Gasteiger partial charge in [0, 0.05) is 11.9 Å². The molecule has 0 atom stereocenters. The van der Waals surface area contributed by atoms with Crippen molar-refractivity contribution in [1.82, 2.24) is 0 Å². The van der Waals surface area contributed by atoms with Gasteiger partial charge in [0.1, 0.15) is 5.58 Å². The molecule has 0 aliphatic rings. The molecule has 2 N–H and O–H groups in total. The lowest BCUT2D eigenvalue weighted by Gasteiger charge is -2.16. The summed E-state index contributed by atoms with van der Waals surface area (Å²) in [7, 11) is -3.99. The molecule has 4 rings (SSSR count). The van der Waals surface area contributed by atoms with Crippen LogP contribution in [0.2, 0.25) is 0 Å². The first-order valence-corrected chi connectivity index (χ1v) is 10.9. The van der Waals surface area contributed by atoms with Gasteiger partial charge in [-0.3, -0.25) is 4.72 Å². The van der Waals surface area contributed by atoms with E-state index >= 15 is 0 Å². The predicted molar refractivity (Wildman–Crippen MR) is 118 cm³/mol. The quantitative estimate of drug-likeness (QED) is 0.448. The van der Waals surface area contributed by atoms with Crippen molar-refractivity contribution < 1.29 is 12.8 Å². The highest BCUT2D eigenvalue weighted by Gasteiger charge is 2.22. The Balaban J connectivity index is 1.81. The van der Waals surface area contributed by atoms with Crippen molar-refractivity contribution in [2.24, 2.45) is 0 Å². The summed E-state index contributed by atoms with van der Waals surface area (Å²) in [5.41, 5.74) is 1.41. The molecule has 3 aromatic carbocycles. The highest BCUT2D eigenvalue weighted by molar-refractivity contribution is 7.92. The van der Waals surface area contributed by atoms with Crippen LogP contribution >= 0.6 is 0 Å². The largest absolute Gasteiger partial charge is 0.421 e. The van der Waals surface area contributed by atoms with Crippen molar-refractivity contribution in [3.8, 4) is 0 Å². The number of aryl methyl sites for hydroxylation is 1. The van der Waals surface area contributed by atoms with Crippen LogP contribution in [-0.2, 0) is 16.6 Å². The summed E-state index contributed by atoms with van der Waals surface area (Å²) in [6, 6.07) is 23.2. The number of nitrogens with one attached hydrogen (secondary N) is 2. The number of benzene rings is 3. The number of hydrogen-bond donors (Lipinski definition) is 2. The Morgan fingerprint density at radius 2 is 1.50 bits per heavy atom. The SMILES string of the molecule is Cc1ccccc1S(=O)(=O)Nc1c(NCc2ccccc2)c2ccccc2oc1=O. The third-order valence-corrected chi connectivity index (χ3v) is 6.25. The molecule has 7 heteroatoms. The van der Waals surface area contributed by atoms with Gasteiger partial charge >= 0.3 is 5.63 Å². The van der Waals surface area contributed by atoms with Crippen LogP contribution in [0, 0.1) is 6.92 Å². The predicted octanol–water partition coefficient (Wildman–Crippen LogP) is 4.51. The first kappa shape index (κ1) is 19.7. The Morgan fingerprint density at radius 1 is 0.833 bits per heavy atom. The molecule has 152 valence electrons. The molecule has 0 amide bonds. The van der Waals surface area contributed by atoms with E-state index in [0.717, 1.165) is 5.56 Å². The number of sulfonamides is 1. The van der Waals surface area contributed by atoms with Crippen molar-refractivity contribution in [2.45, 2.75) is 18.4 Å². The van der Waals surface area contributed by atoms with Crippen molar-refractivity contribution in [2.75, 3.05) is 10.0 Å². The van der Waals surface area contributed by atoms with Crippen LogP contribution in [0.5, 0.6) is 0 Å². The Bertz CT molecular complexity index is 1360. The second-order valence-corrected chi connectivity index (χ2v) is 8.50. The van der Waals surface area contributed by atoms with Gasteiger partial charge in [-0.15, -0.1) is 0 Å². The molecule has 0 fully saturated rings. The summed E-state index contributed by atoms with van der Waals surface area (Å²) in [5.74, 6) is 0. The minimum Gasteiger partial charge on any atom is -0.421 e. The number of para-hydroxylation sites is 1. The molecule has 0 saturated heterocycles. The van der Waals surface area contributed by atoms with E-state index in [1.165, 1.54) is 6.07 Å². The van der Waals surface area contributed by atoms with E-state index in [4.69, 9.17) is 4.42 Å². The Kier molecular flexibility index (Phi) is 5.29. The molecule has 30 heavy (non-hydrogen) atoms. The number of rotatable bonds is 6. The van der Waals surface area contributed by atoms with Crippen LogP contribution in [0.4, 0.5) is 11.4 Å². The molecule has 0 aliphatic heterocycles. The second-order valence-electron chi connectivity index (χ2n) is 6.85. The average Bonchev–Trinajstić information content (AvgIpc) is 2.74. The van der Waals surface area contributed by atoms with Gasteiger partial charge < -0.3 is 9.73 Å². The number of fused-ring (bicyclic) bond motifs is 1. The van der Waals surface area contributed by atoms with Gasteiger partial charge in [0.25, 0.3) is 10.0 Å². The zero-order chi connectivity index (χ0) is 21.1. The van der Waals surface area contributed by atoms with E-state index in [1.807, 2.05) is 30.3 Å². The zero-order valence-corrected chi connectivity index (χ0v) is 17.1. The lowest BCUT2D eigenvalue weighted by atomic mass is 10.1. The summed E-state index contributed by atoms with van der Waals surface area (Å²) < 4.78 is 33.9. The van der Waals surface area contributed by atoms with Crippen LogP contribution in [0.25, 0.3) is 11.0 Å². The van der Waals surface area contributed by atoms with Crippen molar-refractivity contribution in [3.05, 3.63) is 100 Å². The topological polar surface area (TPSA) is 88.4 Å². The Morgan fingerprint density at radius 3 is 2.27 bits per heavy atom. The van der Waals surface area contributed by atoms with E-state index in [-0.39, 0.29) is 10.6 Å². The fourth-order valence-electron chi connectivity index (χ4n) is 3.26. The molecule has 1 aromatic heterocycles. The molecule has 0 bridgehead atoms. The summed E-state index contributed by atoms with van der Waals surface area (Å²) >= 11 is 0. The monoisotopic (exact) mass is 420 g/mol. The smallest absolute Gasteiger partial charge is 0.363 e. The van der Waals surface area contributed by atoms with Crippen LogP contribution in [0.15, 0.2) is 93.0 Å². The highest BCUT2D eigenvalue weighted by Crippen LogP contribution is 2.31. The molecule has 4 aromatic rings. The molecule has 0 aliphatic carbocycles. The van der Waals surface area contributed by atoms with Gasteiger partial charge in [0.15, 0.2) is 5.69 Å². The lowest BCUT2D eigenvalue weighted by Crippen LogP contribution is -2.21. The summed E-state index contributed by atoms with van der Waals surface area (Å²) in [6.07, 6.45) is 0. The van der Waals surface area contributed by atoms with Crippen LogP contribution in [0.1, 0.15) is 11.1 Å². The maximum absolute atomic E-state index is 13.0. The van der Waals surface area contributed by atoms with Crippen molar-refractivity contribution in [1.29, 1.82) is 0 Å². The van der Waals surface area contributed by atoms with E-state index in [9.17, 15) is 13.2 Å². The maximum atomic E-state index is 13.0.